The van der Waals surface area contributed by atoms with E-state index in [4.69, 9.17) is 23.2 Å². The summed E-state index contributed by atoms with van der Waals surface area (Å²) in [6.07, 6.45) is 5.00. The minimum Gasteiger partial charge on any atom is -0.245 e. The summed E-state index contributed by atoms with van der Waals surface area (Å²) >= 11 is 11.9. The van der Waals surface area contributed by atoms with Crippen molar-refractivity contribution >= 4 is 23.2 Å². The predicted octanol–water partition coefficient (Wildman–Crippen LogP) is 3.57. The maximum Gasteiger partial charge on any atom is 0.115 e. The van der Waals surface area contributed by atoms with Gasteiger partial charge >= 0.3 is 0 Å². The van der Waals surface area contributed by atoms with Gasteiger partial charge in [-0.05, 0) is 36.6 Å². The Morgan fingerprint density at radius 3 is 2.62 bits per heavy atom. The fraction of sp³-hybridized carbons (Fsp3) is 0.167. The third-order valence-electron chi connectivity index (χ3n) is 2.31. The summed E-state index contributed by atoms with van der Waals surface area (Å²) in [4.78, 5) is 8.04. The number of hydrogen-bond acceptors (Lipinski definition) is 2. The Kier molecular flexibility index (Phi) is 3.75. The first-order valence-corrected chi connectivity index (χ1v) is 5.70. The molecular weight excluding hydrogens is 243 g/mol. The van der Waals surface area contributed by atoms with E-state index >= 15 is 0 Å². The van der Waals surface area contributed by atoms with E-state index in [1.165, 1.54) is 0 Å². The first kappa shape index (κ1) is 11.4. The van der Waals surface area contributed by atoms with Gasteiger partial charge in [0, 0.05) is 21.9 Å². The fourth-order valence-electron chi connectivity index (χ4n) is 1.45. The van der Waals surface area contributed by atoms with Crippen molar-refractivity contribution in [3.8, 4) is 0 Å². The molecule has 0 radical (unpaired) electrons. The summed E-state index contributed by atoms with van der Waals surface area (Å²) in [6.45, 7) is 0. The van der Waals surface area contributed by atoms with Gasteiger partial charge in [-0.25, -0.2) is 9.97 Å². The number of aryl methyl sites for hydroxylation is 2. The van der Waals surface area contributed by atoms with Gasteiger partial charge in [-0.2, -0.15) is 0 Å². The molecule has 0 unspecified atom stereocenters. The van der Waals surface area contributed by atoms with Crippen LogP contribution in [-0.4, -0.2) is 9.97 Å². The highest BCUT2D eigenvalue weighted by molar-refractivity contribution is 6.35. The van der Waals surface area contributed by atoms with Crippen molar-refractivity contribution in [3.05, 3.63) is 58.1 Å². The zero-order valence-electron chi connectivity index (χ0n) is 8.53. The zero-order chi connectivity index (χ0) is 11.4. The molecule has 1 aromatic carbocycles. The van der Waals surface area contributed by atoms with Crippen molar-refractivity contribution in [1.29, 1.82) is 0 Å². The van der Waals surface area contributed by atoms with Crippen LogP contribution in [0.4, 0.5) is 0 Å². The third-order valence-corrected chi connectivity index (χ3v) is 2.90. The van der Waals surface area contributed by atoms with Crippen molar-refractivity contribution in [2.45, 2.75) is 12.8 Å². The van der Waals surface area contributed by atoms with Crippen LogP contribution in [0, 0.1) is 0 Å². The average molecular weight is 253 g/mol. The molecule has 0 N–H and O–H groups in total. The van der Waals surface area contributed by atoms with Gasteiger partial charge in [-0.15, -0.1) is 0 Å². The summed E-state index contributed by atoms with van der Waals surface area (Å²) in [7, 11) is 0. The van der Waals surface area contributed by atoms with Crippen LogP contribution >= 0.6 is 23.2 Å². The monoisotopic (exact) mass is 252 g/mol. The highest BCUT2D eigenvalue weighted by atomic mass is 35.5. The van der Waals surface area contributed by atoms with Crippen LogP contribution in [0.15, 0.2) is 36.8 Å². The van der Waals surface area contributed by atoms with Crippen molar-refractivity contribution in [1.82, 2.24) is 9.97 Å². The lowest BCUT2D eigenvalue weighted by atomic mass is 10.1. The van der Waals surface area contributed by atoms with Crippen molar-refractivity contribution < 1.29 is 0 Å². The van der Waals surface area contributed by atoms with Gasteiger partial charge in [0.2, 0.25) is 0 Å². The number of halogens is 2. The molecule has 2 nitrogen and oxygen atoms in total. The third kappa shape index (κ3) is 2.94. The molecule has 4 heteroatoms. The van der Waals surface area contributed by atoms with Crippen LogP contribution in [0.1, 0.15) is 11.3 Å². The number of aromatic nitrogens is 2. The van der Waals surface area contributed by atoms with E-state index in [0.29, 0.717) is 10.0 Å². The highest BCUT2D eigenvalue weighted by Crippen LogP contribution is 2.21. The van der Waals surface area contributed by atoms with Crippen molar-refractivity contribution in [3.63, 3.8) is 0 Å². The SMILES string of the molecule is Clc1ccc(CCc2ccncn2)c(Cl)c1. The van der Waals surface area contributed by atoms with E-state index in [-0.39, 0.29) is 0 Å². The molecule has 0 spiro atoms. The summed E-state index contributed by atoms with van der Waals surface area (Å²) in [5.41, 5.74) is 2.10. The highest BCUT2D eigenvalue weighted by Gasteiger charge is 2.02. The Morgan fingerprint density at radius 2 is 1.94 bits per heavy atom. The lowest BCUT2D eigenvalue weighted by molar-refractivity contribution is 0.900. The summed E-state index contributed by atoms with van der Waals surface area (Å²) in [5.74, 6) is 0. The van der Waals surface area contributed by atoms with Gasteiger partial charge in [0.15, 0.2) is 0 Å². The standard InChI is InChI=1S/C12H10Cl2N2/c13-10-3-1-9(12(14)7-10)2-4-11-5-6-15-8-16-11/h1,3,5-8H,2,4H2. The average Bonchev–Trinajstić information content (AvgIpc) is 2.29. The molecule has 0 amide bonds. The molecule has 2 aromatic rings. The Hall–Kier alpha value is -1.12. The molecule has 0 saturated carbocycles. The van der Waals surface area contributed by atoms with E-state index in [2.05, 4.69) is 9.97 Å². The number of hydrogen-bond donors (Lipinski definition) is 0. The topological polar surface area (TPSA) is 25.8 Å². The minimum absolute atomic E-state index is 0.663. The van der Waals surface area contributed by atoms with Gasteiger partial charge in [-0.3, -0.25) is 0 Å². The van der Waals surface area contributed by atoms with Crippen LogP contribution in [-0.2, 0) is 12.8 Å². The van der Waals surface area contributed by atoms with Gasteiger partial charge in [0.1, 0.15) is 6.33 Å². The van der Waals surface area contributed by atoms with Gasteiger partial charge in [-0.1, -0.05) is 29.3 Å². The summed E-state index contributed by atoms with van der Waals surface area (Å²) < 4.78 is 0. The molecule has 1 aromatic heterocycles. The van der Waals surface area contributed by atoms with Crippen LogP contribution in [0.3, 0.4) is 0 Å². The molecule has 82 valence electrons. The molecule has 2 rings (SSSR count). The van der Waals surface area contributed by atoms with Crippen LogP contribution in [0.2, 0.25) is 10.0 Å². The molecule has 0 atom stereocenters. The Morgan fingerprint density at radius 1 is 1.06 bits per heavy atom. The largest absolute Gasteiger partial charge is 0.245 e. The zero-order valence-corrected chi connectivity index (χ0v) is 10.0. The van der Waals surface area contributed by atoms with Gasteiger partial charge in [0.05, 0.1) is 0 Å². The molecule has 0 aliphatic rings. The lowest BCUT2D eigenvalue weighted by Gasteiger charge is -2.04. The number of benzene rings is 1. The number of rotatable bonds is 3. The molecule has 0 aliphatic carbocycles. The maximum absolute atomic E-state index is 6.08. The van der Waals surface area contributed by atoms with E-state index in [9.17, 15) is 0 Å². The molecule has 0 fully saturated rings. The quantitative estimate of drug-likeness (QED) is 0.835. The van der Waals surface area contributed by atoms with Crippen LogP contribution in [0.25, 0.3) is 0 Å². The van der Waals surface area contributed by atoms with Gasteiger partial charge in [0.25, 0.3) is 0 Å². The summed E-state index contributed by atoms with van der Waals surface area (Å²) in [5, 5.41) is 1.37. The molecular formula is C12H10Cl2N2. The Balaban J connectivity index is 2.05. The first-order chi connectivity index (χ1) is 7.75. The fourth-order valence-corrected chi connectivity index (χ4v) is 1.96. The Labute approximate surface area is 104 Å². The smallest absolute Gasteiger partial charge is 0.115 e. The van der Waals surface area contributed by atoms with Crippen LogP contribution in [0.5, 0.6) is 0 Å². The summed E-state index contributed by atoms with van der Waals surface area (Å²) in [6, 6.07) is 7.47. The van der Waals surface area contributed by atoms with Crippen LogP contribution < -0.4 is 0 Å². The van der Waals surface area contributed by atoms with E-state index in [0.717, 1.165) is 24.1 Å². The minimum atomic E-state index is 0.663. The molecule has 0 aliphatic heterocycles. The lowest BCUT2D eigenvalue weighted by Crippen LogP contribution is -1.95. The Bertz CT molecular complexity index is 472. The van der Waals surface area contributed by atoms with E-state index in [1.54, 1.807) is 18.6 Å². The number of nitrogens with zero attached hydrogens (tertiary/aromatic N) is 2. The van der Waals surface area contributed by atoms with E-state index in [1.807, 2.05) is 18.2 Å². The second kappa shape index (κ2) is 5.28. The van der Waals surface area contributed by atoms with Crippen molar-refractivity contribution in [2.75, 3.05) is 0 Å². The second-order valence-corrected chi connectivity index (χ2v) is 4.28. The maximum atomic E-state index is 6.08. The molecule has 0 bridgehead atoms. The normalized spacial score (nSPS) is 10.4. The molecule has 16 heavy (non-hydrogen) atoms. The first-order valence-electron chi connectivity index (χ1n) is 4.94. The molecule has 1 heterocycles. The van der Waals surface area contributed by atoms with E-state index < -0.39 is 0 Å². The van der Waals surface area contributed by atoms with Gasteiger partial charge < -0.3 is 0 Å². The second-order valence-electron chi connectivity index (χ2n) is 3.44. The predicted molar refractivity (Wildman–Crippen MR) is 65.9 cm³/mol. The van der Waals surface area contributed by atoms with Crippen molar-refractivity contribution in [2.24, 2.45) is 0 Å². The molecule has 0 saturated heterocycles.